The van der Waals surface area contributed by atoms with E-state index in [1.807, 2.05) is 12.3 Å². The number of nitrogens with zero attached hydrogens (tertiary/aromatic N) is 1. The lowest BCUT2D eigenvalue weighted by Gasteiger charge is -2.30. The molecular weight excluding hydrogens is 258 g/mol. The minimum Gasteiger partial charge on any atom is -0.465 e. The van der Waals surface area contributed by atoms with Crippen molar-refractivity contribution in [2.75, 3.05) is 27.2 Å². The molecule has 0 aliphatic carbocycles. The minimum absolute atomic E-state index is 0.254. The number of piperidine rings is 1. The molecule has 19 heavy (non-hydrogen) atoms. The van der Waals surface area contributed by atoms with Gasteiger partial charge in [-0.05, 0) is 57.0 Å². The molecule has 1 aliphatic rings. The van der Waals surface area contributed by atoms with Crippen LogP contribution in [0.5, 0.6) is 0 Å². The summed E-state index contributed by atoms with van der Waals surface area (Å²) < 4.78 is 4.80. The van der Waals surface area contributed by atoms with E-state index in [9.17, 15) is 4.79 Å². The quantitative estimate of drug-likeness (QED) is 0.796. The Labute approximate surface area is 118 Å². The summed E-state index contributed by atoms with van der Waals surface area (Å²) in [5.74, 6) is 0.287. The maximum atomic E-state index is 11.6. The van der Waals surface area contributed by atoms with Crippen LogP contribution >= 0.6 is 11.3 Å². The maximum Gasteiger partial charge on any atom is 0.338 e. The van der Waals surface area contributed by atoms with Gasteiger partial charge in [0.15, 0.2) is 0 Å². The van der Waals surface area contributed by atoms with Gasteiger partial charge in [-0.25, -0.2) is 4.79 Å². The van der Waals surface area contributed by atoms with Crippen molar-refractivity contribution in [1.29, 1.82) is 0 Å². The molecule has 0 saturated carbocycles. The molecule has 1 fully saturated rings. The van der Waals surface area contributed by atoms with Gasteiger partial charge in [-0.1, -0.05) is 6.58 Å². The van der Waals surface area contributed by atoms with E-state index >= 15 is 0 Å². The fourth-order valence-corrected chi connectivity index (χ4v) is 3.70. The summed E-state index contributed by atoms with van der Waals surface area (Å²) in [6, 6.07) is 0. The highest BCUT2D eigenvalue weighted by Gasteiger charge is 2.24. The second-order valence-corrected chi connectivity index (χ2v) is 6.08. The van der Waals surface area contributed by atoms with Crippen LogP contribution in [-0.2, 0) is 4.74 Å². The lowest BCUT2D eigenvalue weighted by atomic mass is 9.88. The van der Waals surface area contributed by atoms with Crippen molar-refractivity contribution in [3.8, 4) is 0 Å². The molecule has 4 heteroatoms. The first kappa shape index (κ1) is 14.3. The number of carbonyl (C=O) groups is 1. The van der Waals surface area contributed by atoms with E-state index in [1.165, 1.54) is 12.7 Å². The lowest BCUT2D eigenvalue weighted by Crippen LogP contribution is -2.30. The summed E-state index contributed by atoms with van der Waals surface area (Å²) in [6.45, 7) is 8.50. The second-order valence-electron chi connectivity index (χ2n) is 5.20. The van der Waals surface area contributed by atoms with Crippen LogP contribution < -0.4 is 0 Å². The number of hydrogen-bond donors (Lipinski definition) is 0. The van der Waals surface area contributed by atoms with Crippen LogP contribution in [0.2, 0.25) is 0 Å². The molecule has 0 bridgehead atoms. The molecule has 0 amide bonds. The summed E-state index contributed by atoms with van der Waals surface area (Å²) in [7, 11) is 3.58. The van der Waals surface area contributed by atoms with Crippen LogP contribution in [0, 0.1) is 12.8 Å². The number of ether oxygens (including phenoxy) is 1. The average molecular weight is 279 g/mol. The number of rotatable bonds is 3. The molecule has 0 atom stereocenters. The standard InChI is InChI=1S/C15H21NO2S/c1-10(12-5-7-16(3)8-6-12)14-11(2)13(9-19-14)15(17)18-4/h9,12H,1,5-8H2,2-4H3. The van der Waals surface area contributed by atoms with Crippen LogP contribution in [-0.4, -0.2) is 38.1 Å². The van der Waals surface area contributed by atoms with Gasteiger partial charge in [0.1, 0.15) is 0 Å². The third-order valence-electron chi connectivity index (χ3n) is 3.95. The Bertz CT molecular complexity index is 484. The molecular formula is C15H21NO2S. The molecule has 0 aromatic carbocycles. The van der Waals surface area contributed by atoms with E-state index in [1.54, 1.807) is 11.3 Å². The van der Waals surface area contributed by atoms with Gasteiger partial charge in [0.25, 0.3) is 0 Å². The van der Waals surface area contributed by atoms with E-state index in [0.717, 1.165) is 36.4 Å². The second kappa shape index (κ2) is 5.88. The molecule has 2 heterocycles. The van der Waals surface area contributed by atoms with E-state index in [-0.39, 0.29) is 5.97 Å². The predicted octanol–water partition coefficient (Wildman–Crippen LogP) is 3.20. The summed E-state index contributed by atoms with van der Waals surface area (Å²) in [5.41, 5.74) is 2.88. The van der Waals surface area contributed by atoms with Crippen molar-refractivity contribution in [3.63, 3.8) is 0 Å². The Hall–Kier alpha value is -1.13. The summed E-state index contributed by atoms with van der Waals surface area (Å²) in [6.07, 6.45) is 2.31. The molecule has 104 valence electrons. The van der Waals surface area contributed by atoms with Crippen LogP contribution in [0.1, 0.15) is 33.6 Å². The highest BCUT2D eigenvalue weighted by molar-refractivity contribution is 7.11. The molecule has 1 aromatic heterocycles. The van der Waals surface area contributed by atoms with Crippen molar-refractivity contribution < 1.29 is 9.53 Å². The van der Waals surface area contributed by atoms with Crippen LogP contribution in [0.25, 0.3) is 5.57 Å². The SMILES string of the molecule is C=C(c1scc(C(=O)OC)c1C)C1CCN(C)CC1. The van der Waals surface area contributed by atoms with Crippen LogP contribution in [0.15, 0.2) is 12.0 Å². The number of hydrogen-bond acceptors (Lipinski definition) is 4. The van der Waals surface area contributed by atoms with Gasteiger partial charge in [-0.2, -0.15) is 0 Å². The number of esters is 1. The van der Waals surface area contributed by atoms with Crippen molar-refractivity contribution in [2.24, 2.45) is 5.92 Å². The van der Waals surface area contributed by atoms with Crippen LogP contribution in [0.4, 0.5) is 0 Å². The smallest absolute Gasteiger partial charge is 0.338 e. The van der Waals surface area contributed by atoms with Crippen molar-refractivity contribution in [2.45, 2.75) is 19.8 Å². The Balaban J connectivity index is 2.16. The highest BCUT2D eigenvalue weighted by Crippen LogP contribution is 2.36. The number of likely N-dealkylation sites (tertiary alicyclic amines) is 1. The van der Waals surface area contributed by atoms with Gasteiger partial charge in [0.05, 0.1) is 12.7 Å². The normalized spacial score (nSPS) is 17.4. The summed E-state index contributed by atoms with van der Waals surface area (Å²) in [5, 5.41) is 1.89. The van der Waals surface area contributed by atoms with E-state index in [0.29, 0.717) is 11.5 Å². The highest BCUT2D eigenvalue weighted by atomic mass is 32.1. The maximum absolute atomic E-state index is 11.6. The number of allylic oxidation sites excluding steroid dienone is 1. The molecule has 1 aromatic rings. The third-order valence-corrected chi connectivity index (χ3v) is 5.11. The van der Waals surface area contributed by atoms with Crippen LogP contribution in [0.3, 0.4) is 0 Å². The molecule has 1 aliphatic heterocycles. The molecule has 3 nitrogen and oxygen atoms in total. The molecule has 0 N–H and O–H groups in total. The fraction of sp³-hybridized carbons (Fsp3) is 0.533. The average Bonchev–Trinajstić information content (AvgIpc) is 2.80. The monoisotopic (exact) mass is 279 g/mol. The van der Waals surface area contributed by atoms with Crippen molar-refractivity contribution >= 4 is 22.9 Å². The first-order valence-electron chi connectivity index (χ1n) is 6.58. The van der Waals surface area contributed by atoms with E-state index in [2.05, 4.69) is 18.5 Å². The number of methoxy groups -OCH3 is 1. The summed E-state index contributed by atoms with van der Waals surface area (Å²) in [4.78, 5) is 15.2. The molecule has 0 spiro atoms. The zero-order chi connectivity index (χ0) is 14.0. The largest absolute Gasteiger partial charge is 0.465 e. The van der Waals surface area contributed by atoms with E-state index < -0.39 is 0 Å². The predicted molar refractivity (Wildman–Crippen MR) is 79.7 cm³/mol. The Morgan fingerprint density at radius 3 is 2.68 bits per heavy atom. The lowest BCUT2D eigenvalue weighted by molar-refractivity contribution is 0.0600. The first-order valence-corrected chi connectivity index (χ1v) is 7.46. The van der Waals surface area contributed by atoms with Gasteiger partial charge < -0.3 is 9.64 Å². The van der Waals surface area contributed by atoms with E-state index in [4.69, 9.17) is 4.74 Å². The van der Waals surface area contributed by atoms with Crippen molar-refractivity contribution in [3.05, 3.63) is 28.0 Å². The molecule has 2 rings (SSSR count). The first-order chi connectivity index (χ1) is 9.04. The minimum atomic E-state index is -0.254. The molecule has 0 radical (unpaired) electrons. The Kier molecular flexibility index (Phi) is 4.42. The van der Waals surface area contributed by atoms with Gasteiger partial charge in [0, 0.05) is 10.3 Å². The third kappa shape index (κ3) is 2.90. The number of thiophene rings is 1. The number of carbonyl (C=O) groups excluding carboxylic acids is 1. The van der Waals surface area contributed by atoms with Gasteiger partial charge in [-0.15, -0.1) is 11.3 Å². The topological polar surface area (TPSA) is 29.5 Å². The van der Waals surface area contributed by atoms with Gasteiger partial charge >= 0.3 is 5.97 Å². The fourth-order valence-electron chi connectivity index (χ4n) is 2.59. The zero-order valence-corrected chi connectivity index (χ0v) is 12.7. The zero-order valence-electron chi connectivity index (χ0n) is 11.9. The molecule has 1 saturated heterocycles. The molecule has 0 unspecified atom stereocenters. The Morgan fingerprint density at radius 1 is 1.47 bits per heavy atom. The van der Waals surface area contributed by atoms with Gasteiger partial charge in [-0.3, -0.25) is 0 Å². The van der Waals surface area contributed by atoms with Crippen molar-refractivity contribution in [1.82, 2.24) is 4.90 Å². The van der Waals surface area contributed by atoms with Gasteiger partial charge in [0.2, 0.25) is 0 Å². The summed E-state index contributed by atoms with van der Waals surface area (Å²) >= 11 is 1.61. The Morgan fingerprint density at radius 2 is 2.11 bits per heavy atom.